The van der Waals surface area contributed by atoms with E-state index < -0.39 is 21.8 Å². The number of anilines is 1. The molecule has 0 amide bonds. The van der Waals surface area contributed by atoms with Crippen LogP contribution in [0.4, 0.5) is 10.1 Å². The van der Waals surface area contributed by atoms with Gasteiger partial charge in [0.25, 0.3) is 10.0 Å². The van der Waals surface area contributed by atoms with Gasteiger partial charge in [-0.1, -0.05) is 22.0 Å². The molecule has 0 spiro atoms. The Bertz CT molecular complexity index is 1100. The summed E-state index contributed by atoms with van der Waals surface area (Å²) >= 11 is 3.27. The Hall–Kier alpha value is -2.71. The molecule has 0 saturated heterocycles. The van der Waals surface area contributed by atoms with Crippen LogP contribution in [0.2, 0.25) is 0 Å². The van der Waals surface area contributed by atoms with Crippen LogP contribution in [0.5, 0.6) is 5.75 Å². The van der Waals surface area contributed by atoms with E-state index >= 15 is 0 Å². The van der Waals surface area contributed by atoms with Crippen molar-refractivity contribution in [2.45, 2.75) is 4.90 Å². The summed E-state index contributed by atoms with van der Waals surface area (Å²) in [5.74, 6) is -1.03. The molecule has 8 heteroatoms. The molecule has 0 N–H and O–H groups in total. The highest BCUT2D eigenvalue weighted by atomic mass is 79.9. The van der Waals surface area contributed by atoms with E-state index in [1.54, 1.807) is 12.1 Å². The molecule has 3 aromatic carbocycles. The van der Waals surface area contributed by atoms with Gasteiger partial charge in [-0.3, -0.25) is 4.31 Å². The molecule has 0 aromatic heterocycles. The Morgan fingerprint density at radius 2 is 1.64 bits per heavy atom. The topological polar surface area (TPSA) is 63.7 Å². The first-order valence-electron chi connectivity index (χ1n) is 8.10. The van der Waals surface area contributed by atoms with Gasteiger partial charge in [-0.25, -0.2) is 17.6 Å². The number of benzene rings is 3. The fourth-order valence-electron chi connectivity index (χ4n) is 2.41. The number of hydrogen-bond acceptors (Lipinski definition) is 4. The highest BCUT2D eigenvalue weighted by Gasteiger charge is 2.21. The zero-order chi connectivity index (χ0) is 20.3. The quantitative estimate of drug-likeness (QED) is 0.408. The van der Waals surface area contributed by atoms with Gasteiger partial charge < -0.3 is 4.74 Å². The third-order valence-corrected chi connectivity index (χ3v) is 6.27. The van der Waals surface area contributed by atoms with Crippen molar-refractivity contribution >= 4 is 37.6 Å². The van der Waals surface area contributed by atoms with Gasteiger partial charge in [-0.2, -0.15) is 0 Å². The summed E-state index contributed by atoms with van der Waals surface area (Å²) in [6, 6.07) is 17.5. The van der Waals surface area contributed by atoms with E-state index in [1.807, 2.05) is 0 Å². The monoisotopic (exact) mass is 463 g/mol. The Kier molecular flexibility index (Phi) is 5.81. The molecule has 0 aliphatic rings. The third-order valence-electron chi connectivity index (χ3n) is 3.94. The van der Waals surface area contributed by atoms with Gasteiger partial charge in [0.15, 0.2) is 0 Å². The largest absolute Gasteiger partial charge is 0.423 e. The van der Waals surface area contributed by atoms with Crippen LogP contribution in [0.25, 0.3) is 0 Å². The Balaban J connectivity index is 1.76. The lowest BCUT2D eigenvalue weighted by atomic mass is 10.2. The maximum atomic E-state index is 13.2. The van der Waals surface area contributed by atoms with E-state index in [4.69, 9.17) is 4.74 Å². The van der Waals surface area contributed by atoms with Crippen molar-refractivity contribution in [2.75, 3.05) is 11.4 Å². The normalized spacial score (nSPS) is 11.1. The van der Waals surface area contributed by atoms with E-state index in [0.29, 0.717) is 5.69 Å². The van der Waals surface area contributed by atoms with E-state index in [9.17, 15) is 17.6 Å². The predicted octanol–water partition coefficient (Wildman–Crippen LogP) is 4.63. The number of sulfonamides is 1. The predicted molar refractivity (Wildman–Crippen MR) is 108 cm³/mol. The zero-order valence-electron chi connectivity index (χ0n) is 14.7. The second-order valence-electron chi connectivity index (χ2n) is 5.82. The number of carbonyl (C=O) groups is 1. The smallest absolute Gasteiger partial charge is 0.343 e. The second kappa shape index (κ2) is 8.12. The molecule has 0 fully saturated rings. The minimum absolute atomic E-state index is 0.0824. The number of halogens is 2. The molecule has 0 saturated carbocycles. The van der Waals surface area contributed by atoms with Crippen LogP contribution in [-0.2, 0) is 10.0 Å². The molecule has 28 heavy (non-hydrogen) atoms. The fraction of sp³-hybridized carbons (Fsp3) is 0.0500. The van der Waals surface area contributed by atoms with Crippen LogP contribution < -0.4 is 9.04 Å². The molecule has 3 rings (SSSR count). The maximum Gasteiger partial charge on any atom is 0.343 e. The van der Waals surface area contributed by atoms with Crippen LogP contribution in [0.1, 0.15) is 10.4 Å². The highest BCUT2D eigenvalue weighted by Crippen LogP contribution is 2.25. The molecule has 0 aliphatic heterocycles. The summed E-state index contributed by atoms with van der Waals surface area (Å²) in [7, 11) is -2.29. The number of nitrogens with zero attached hydrogens (tertiary/aromatic N) is 1. The molecule has 0 aliphatic carbocycles. The summed E-state index contributed by atoms with van der Waals surface area (Å²) in [4.78, 5) is 12.2. The van der Waals surface area contributed by atoms with Gasteiger partial charge in [-0.05, 0) is 66.7 Å². The molecule has 144 valence electrons. The van der Waals surface area contributed by atoms with E-state index in [2.05, 4.69) is 15.9 Å². The highest BCUT2D eigenvalue weighted by molar-refractivity contribution is 9.10. The van der Waals surface area contributed by atoms with Gasteiger partial charge in [0.2, 0.25) is 0 Å². The molecule has 0 heterocycles. The summed E-state index contributed by atoms with van der Waals surface area (Å²) in [6.07, 6.45) is 0. The second-order valence-corrected chi connectivity index (χ2v) is 8.71. The molecular weight excluding hydrogens is 449 g/mol. The van der Waals surface area contributed by atoms with Crippen LogP contribution in [-0.4, -0.2) is 21.4 Å². The first kappa shape index (κ1) is 20.0. The van der Waals surface area contributed by atoms with Crippen molar-refractivity contribution in [3.05, 3.63) is 88.6 Å². The number of esters is 1. The minimum Gasteiger partial charge on any atom is -0.423 e. The van der Waals surface area contributed by atoms with E-state index in [-0.39, 0.29) is 16.2 Å². The Morgan fingerprint density at radius 1 is 1.00 bits per heavy atom. The SMILES string of the molecule is CN(c1ccc(OC(=O)c2cccc(F)c2)cc1)S(=O)(=O)c1ccc(Br)cc1. The molecular formula is C20H15BrFNO4S. The van der Waals surface area contributed by atoms with Crippen molar-refractivity contribution in [3.63, 3.8) is 0 Å². The van der Waals surface area contributed by atoms with Gasteiger partial charge in [0.05, 0.1) is 16.1 Å². The van der Waals surface area contributed by atoms with Crippen LogP contribution in [0.15, 0.2) is 82.2 Å². The van der Waals surface area contributed by atoms with Crippen molar-refractivity contribution < 1.29 is 22.3 Å². The number of rotatable bonds is 5. The minimum atomic E-state index is -3.73. The Morgan fingerprint density at radius 3 is 2.25 bits per heavy atom. The zero-order valence-corrected chi connectivity index (χ0v) is 17.1. The van der Waals surface area contributed by atoms with Crippen molar-refractivity contribution in [1.29, 1.82) is 0 Å². The summed E-state index contributed by atoms with van der Waals surface area (Å²) in [5.41, 5.74) is 0.479. The van der Waals surface area contributed by atoms with Crippen LogP contribution >= 0.6 is 15.9 Å². The van der Waals surface area contributed by atoms with Gasteiger partial charge >= 0.3 is 5.97 Å². The summed E-state index contributed by atoms with van der Waals surface area (Å²) in [6.45, 7) is 0. The van der Waals surface area contributed by atoms with E-state index in [1.165, 1.54) is 61.6 Å². The molecule has 0 radical (unpaired) electrons. The first-order chi connectivity index (χ1) is 13.3. The summed E-state index contributed by atoms with van der Waals surface area (Å²) in [5, 5.41) is 0. The summed E-state index contributed by atoms with van der Waals surface area (Å²) < 4.78 is 45.7. The number of ether oxygens (including phenoxy) is 1. The maximum absolute atomic E-state index is 13.2. The number of hydrogen-bond donors (Lipinski definition) is 0. The van der Waals surface area contributed by atoms with Crippen molar-refractivity contribution in [3.8, 4) is 5.75 Å². The molecule has 5 nitrogen and oxygen atoms in total. The molecule has 0 bridgehead atoms. The Labute approximate surface area is 170 Å². The average Bonchev–Trinajstić information content (AvgIpc) is 2.68. The standard InChI is InChI=1S/C20H15BrFNO4S/c1-23(28(25,26)19-11-5-15(21)6-12-19)17-7-9-18(10-8-17)27-20(24)14-3-2-4-16(22)13-14/h2-13H,1H3. The lowest BCUT2D eigenvalue weighted by molar-refractivity contribution is 0.0734. The molecule has 0 atom stereocenters. The van der Waals surface area contributed by atoms with E-state index in [0.717, 1.165) is 14.8 Å². The number of carbonyl (C=O) groups excluding carboxylic acids is 1. The van der Waals surface area contributed by atoms with Crippen LogP contribution in [0, 0.1) is 5.82 Å². The van der Waals surface area contributed by atoms with Gasteiger partial charge in [0.1, 0.15) is 11.6 Å². The van der Waals surface area contributed by atoms with Crippen molar-refractivity contribution in [2.24, 2.45) is 0 Å². The molecule has 0 unspecified atom stereocenters. The van der Waals surface area contributed by atoms with Gasteiger partial charge in [0, 0.05) is 11.5 Å². The fourth-order valence-corrected chi connectivity index (χ4v) is 3.87. The van der Waals surface area contributed by atoms with Crippen molar-refractivity contribution in [1.82, 2.24) is 0 Å². The average molecular weight is 464 g/mol. The first-order valence-corrected chi connectivity index (χ1v) is 10.3. The van der Waals surface area contributed by atoms with Gasteiger partial charge in [-0.15, -0.1) is 0 Å². The van der Waals surface area contributed by atoms with Crippen LogP contribution in [0.3, 0.4) is 0 Å². The lowest BCUT2D eigenvalue weighted by Gasteiger charge is -2.19. The third kappa shape index (κ3) is 4.40. The molecule has 3 aromatic rings. The lowest BCUT2D eigenvalue weighted by Crippen LogP contribution is -2.26.